The fourth-order valence-corrected chi connectivity index (χ4v) is 5.42. The van der Waals surface area contributed by atoms with E-state index in [1.165, 1.54) is 4.90 Å². The Labute approximate surface area is 169 Å². The van der Waals surface area contributed by atoms with Crippen LogP contribution in [0.25, 0.3) is 11.0 Å². The van der Waals surface area contributed by atoms with Gasteiger partial charge in [-0.25, -0.2) is 18.1 Å². The van der Waals surface area contributed by atoms with E-state index < -0.39 is 9.84 Å². The van der Waals surface area contributed by atoms with Crippen molar-refractivity contribution >= 4 is 32.7 Å². The number of fused-ring (bicyclic) bond motifs is 1. The van der Waals surface area contributed by atoms with E-state index in [-0.39, 0.29) is 35.9 Å². The van der Waals surface area contributed by atoms with Crippen LogP contribution >= 0.6 is 0 Å². The van der Waals surface area contributed by atoms with Crippen LogP contribution < -0.4 is 5.32 Å². The van der Waals surface area contributed by atoms with Crippen molar-refractivity contribution < 1.29 is 18.0 Å². The van der Waals surface area contributed by atoms with Crippen molar-refractivity contribution in [1.29, 1.82) is 0 Å². The Morgan fingerprint density at radius 1 is 1.28 bits per heavy atom. The molecule has 4 rings (SSSR count). The van der Waals surface area contributed by atoms with E-state index in [4.69, 9.17) is 4.98 Å². The minimum atomic E-state index is -3.08. The third kappa shape index (κ3) is 3.85. The molecule has 2 amide bonds. The van der Waals surface area contributed by atoms with Gasteiger partial charge in [0.05, 0.1) is 40.7 Å². The number of carbonyl (C=O) groups excluding carboxylic acids is 2. The molecule has 1 atom stereocenters. The summed E-state index contributed by atoms with van der Waals surface area (Å²) in [5.74, 6) is -0.0613. The summed E-state index contributed by atoms with van der Waals surface area (Å²) in [6.07, 6.45) is 2.53. The van der Waals surface area contributed by atoms with Crippen molar-refractivity contribution in [3.05, 3.63) is 23.0 Å². The van der Waals surface area contributed by atoms with Crippen molar-refractivity contribution in [2.75, 3.05) is 32.1 Å². The van der Waals surface area contributed by atoms with Gasteiger partial charge < -0.3 is 10.2 Å². The van der Waals surface area contributed by atoms with Crippen LogP contribution in [-0.2, 0) is 14.6 Å². The fraction of sp³-hybridized carbons (Fsp3) is 0.579. The molecule has 0 spiro atoms. The standard InChI is InChI=1S/C19H25N5O4S/c1-11-17-14(19(26)20-9-16(25)23(2)3)8-15(12-4-5-12)21-18(17)24(22-11)13-6-7-29(27,28)10-13/h8,12-13H,4-7,9-10H2,1-3H3,(H,20,26)/t13-/m1/s1. The zero-order valence-corrected chi connectivity index (χ0v) is 17.6. The second-order valence-electron chi connectivity index (χ2n) is 8.13. The van der Waals surface area contributed by atoms with Gasteiger partial charge in [0, 0.05) is 25.7 Å². The number of hydrogen-bond donors (Lipinski definition) is 1. The highest BCUT2D eigenvalue weighted by Crippen LogP contribution is 2.41. The van der Waals surface area contributed by atoms with Crippen LogP contribution in [0.2, 0.25) is 0 Å². The summed E-state index contributed by atoms with van der Waals surface area (Å²) in [7, 11) is 0.186. The summed E-state index contributed by atoms with van der Waals surface area (Å²) in [6, 6.07) is 1.52. The Morgan fingerprint density at radius 3 is 2.59 bits per heavy atom. The summed E-state index contributed by atoms with van der Waals surface area (Å²) in [6.45, 7) is 1.70. The molecule has 2 aromatic rings. The first-order chi connectivity index (χ1) is 13.7. The van der Waals surface area contributed by atoms with Crippen LogP contribution in [0, 0.1) is 6.92 Å². The lowest BCUT2D eigenvalue weighted by molar-refractivity contribution is -0.127. The van der Waals surface area contributed by atoms with Gasteiger partial charge in [0.1, 0.15) is 0 Å². The summed E-state index contributed by atoms with van der Waals surface area (Å²) in [5.41, 5.74) is 2.44. The smallest absolute Gasteiger partial charge is 0.252 e. The molecule has 9 nitrogen and oxygen atoms in total. The normalized spacial score (nSPS) is 20.7. The lowest BCUT2D eigenvalue weighted by Gasteiger charge is -2.13. The van der Waals surface area contributed by atoms with Gasteiger partial charge in [-0.15, -0.1) is 0 Å². The molecule has 29 heavy (non-hydrogen) atoms. The molecule has 2 aliphatic rings. The molecule has 2 fully saturated rings. The van der Waals surface area contributed by atoms with Crippen LogP contribution in [0.5, 0.6) is 0 Å². The third-order valence-corrected chi connectivity index (χ3v) is 7.30. The number of nitrogens with zero attached hydrogens (tertiary/aromatic N) is 4. The van der Waals surface area contributed by atoms with Gasteiger partial charge in [-0.2, -0.15) is 5.10 Å². The third-order valence-electron chi connectivity index (χ3n) is 5.55. The number of amides is 2. The molecule has 1 aliphatic carbocycles. The number of aryl methyl sites for hydroxylation is 1. The van der Waals surface area contributed by atoms with E-state index >= 15 is 0 Å². The van der Waals surface area contributed by atoms with Crippen molar-refractivity contribution in [3.63, 3.8) is 0 Å². The number of sulfone groups is 1. The second kappa shape index (κ2) is 7.08. The van der Waals surface area contributed by atoms with Crippen molar-refractivity contribution in [2.45, 2.75) is 38.1 Å². The van der Waals surface area contributed by atoms with Gasteiger partial charge >= 0.3 is 0 Å². The summed E-state index contributed by atoms with van der Waals surface area (Å²) >= 11 is 0. The number of nitrogens with one attached hydrogen (secondary N) is 1. The predicted octanol–water partition coefficient (Wildman–Crippen LogP) is 0.795. The average Bonchev–Trinajstić information content (AvgIpc) is 3.38. The number of carbonyl (C=O) groups is 2. The molecule has 2 aromatic heterocycles. The van der Waals surface area contributed by atoms with Gasteiger partial charge in [-0.1, -0.05) is 0 Å². The Balaban J connectivity index is 1.76. The highest BCUT2D eigenvalue weighted by molar-refractivity contribution is 7.91. The van der Waals surface area contributed by atoms with Crippen molar-refractivity contribution in [1.82, 2.24) is 25.0 Å². The SMILES string of the molecule is Cc1nn([C@@H]2CCS(=O)(=O)C2)c2nc(C3CC3)cc(C(=O)NCC(=O)N(C)C)c12. The molecule has 1 saturated carbocycles. The Bertz CT molecular complexity index is 1100. The molecule has 0 bridgehead atoms. The molecule has 0 unspecified atom stereocenters. The quantitative estimate of drug-likeness (QED) is 0.767. The van der Waals surface area contributed by atoms with E-state index in [0.717, 1.165) is 18.5 Å². The van der Waals surface area contributed by atoms with E-state index in [9.17, 15) is 18.0 Å². The van der Waals surface area contributed by atoms with E-state index in [1.54, 1.807) is 31.8 Å². The molecule has 10 heteroatoms. The number of aromatic nitrogens is 3. The molecule has 0 aromatic carbocycles. The predicted molar refractivity (Wildman–Crippen MR) is 108 cm³/mol. The minimum absolute atomic E-state index is 0.0391. The Morgan fingerprint density at radius 2 is 2.00 bits per heavy atom. The van der Waals surface area contributed by atoms with Crippen LogP contribution in [0.3, 0.4) is 0 Å². The lowest BCUT2D eigenvalue weighted by atomic mass is 10.1. The van der Waals surface area contributed by atoms with Gasteiger partial charge in [-0.05, 0) is 32.3 Å². The first-order valence-electron chi connectivity index (χ1n) is 9.75. The number of likely N-dealkylation sites (N-methyl/N-ethyl adjacent to an activating group) is 1. The number of hydrogen-bond acceptors (Lipinski definition) is 6. The average molecular weight is 420 g/mol. The van der Waals surface area contributed by atoms with E-state index in [0.29, 0.717) is 34.6 Å². The highest BCUT2D eigenvalue weighted by atomic mass is 32.2. The maximum atomic E-state index is 12.9. The molecular formula is C19H25N5O4S. The van der Waals surface area contributed by atoms with Crippen LogP contribution in [0.1, 0.15) is 53.0 Å². The maximum Gasteiger partial charge on any atom is 0.252 e. The molecule has 1 N–H and O–H groups in total. The van der Waals surface area contributed by atoms with Crippen molar-refractivity contribution in [2.24, 2.45) is 0 Å². The maximum absolute atomic E-state index is 12.9. The molecule has 156 valence electrons. The van der Waals surface area contributed by atoms with Crippen LogP contribution in [0.4, 0.5) is 0 Å². The van der Waals surface area contributed by atoms with Crippen LogP contribution in [0.15, 0.2) is 6.07 Å². The van der Waals surface area contributed by atoms with Gasteiger partial charge in [-0.3, -0.25) is 9.59 Å². The number of rotatable bonds is 5. The van der Waals surface area contributed by atoms with Crippen molar-refractivity contribution in [3.8, 4) is 0 Å². The summed E-state index contributed by atoms with van der Waals surface area (Å²) in [5, 5.41) is 7.87. The topological polar surface area (TPSA) is 114 Å². The van der Waals surface area contributed by atoms with Gasteiger partial charge in [0.2, 0.25) is 5.91 Å². The molecule has 1 aliphatic heterocycles. The van der Waals surface area contributed by atoms with E-state index in [1.807, 2.05) is 0 Å². The molecule has 3 heterocycles. The van der Waals surface area contributed by atoms with Crippen LogP contribution in [-0.4, -0.2) is 72.0 Å². The Kier molecular flexibility index (Phi) is 4.84. The first-order valence-corrected chi connectivity index (χ1v) is 11.6. The second-order valence-corrected chi connectivity index (χ2v) is 10.4. The van der Waals surface area contributed by atoms with E-state index in [2.05, 4.69) is 10.4 Å². The number of pyridine rings is 1. The summed E-state index contributed by atoms with van der Waals surface area (Å²) in [4.78, 5) is 31.0. The Hall–Kier alpha value is -2.49. The zero-order chi connectivity index (χ0) is 20.9. The highest BCUT2D eigenvalue weighted by Gasteiger charge is 2.34. The fourth-order valence-electron chi connectivity index (χ4n) is 3.73. The lowest BCUT2D eigenvalue weighted by Crippen LogP contribution is -2.36. The minimum Gasteiger partial charge on any atom is -0.347 e. The molecular weight excluding hydrogens is 394 g/mol. The monoisotopic (exact) mass is 419 g/mol. The summed E-state index contributed by atoms with van der Waals surface area (Å²) < 4.78 is 25.6. The molecule has 0 radical (unpaired) electrons. The molecule has 1 saturated heterocycles. The first kappa shape index (κ1) is 19.8. The van der Waals surface area contributed by atoms with Gasteiger partial charge in [0.25, 0.3) is 5.91 Å². The van der Waals surface area contributed by atoms with Gasteiger partial charge in [0.15, 0.2) is 15.5 Å². The zero-order valence-electron chi connectivity index (χ0n) is 16.8. The largest absolute Gasteiger partial charge is 0.347 e.